The monoisotopic (exact) mass is 219 g/mol. The molecular formula is C14H21NO. The number of rotatable bonds is 3. The largest absolute Gasteiger partial charge is 0.496 e. The summed E-state index contributed by atoms with van der Waals surface area (Å²) in [6, 6.07) is 6.41. The van der Waals surface area contributed by atoms with E-state index >= 15 is 0 Å². The second-order valence-corrected chi connectivity index (χ2v) is 4.72. The lowest BCUT2D eigenvalue weighted by Gasteiger charge is -2.30. The maximum Gasteiger partial charge on any atom is 0.122 e. The molecule has 1 aliphatic rings. The highest BCUT2D eigenvalue weighted by molar-refractivity contribution is 5.45. The third-order valence-electron chi connectivity index (χ3n) is 3.72. The van der Waals surface area contributed by atoms with Gasteiger partial charge in [-0.1, -0.05) is 19.1 Å². The van der Waals surface area contributed by atoms with Gasteiger partial charge >= 0.3 is 0 Å². The highest BCUT2D eigenvalue weighted by atomic mass is 16.5. The quantitative estimate of drug-likeness (QED) is 0.848. The Bertz CT molecular complexity index is 362. The van der Waals surface area contributed by atoms with Crippen molar-refractivity contribution in [2.75, 3.05) is 13.7 Å². The minimum absolute atomic E-state index is 0.611. The molecule has 2 atom stereocenters. The number of ether oxygens (including phenoxy) is 1. The first-order valence-corrected chi connectivity index (χ1v) is 6.14. The molecule has 0 radical (unpaired) electrons. The Morgan fingerprint density at radius 3 is 2.88 bits per heavy atom. The number of fused-ring (bicyclic) bond motifs is 1. The Labute approximate surface area is 97.8 Å². The third kappa shape index (κ3) is 1.94. The van der Waals surface area contributed by atoms with Gasteiger partial charge in [0.1, 0.15) is 5.75 Å². The second kappa shape index (κ2) is 4.88. The third-order valence-corrected chi connectivity index (χ3v) is 3.72. The second-order valence-electron chi connectivity index (χ2n) is 4.72. The summed E-state index contributed by atoms with van der Waals surface area (Å²) in [5, 5.41) is 0. The van der Waals surface area contributed by atoms with Gasteiger partial charge in [-0.25, -0.2) is 0 Å². The number of hydrogen-bond acceptors (Lipinski definition) is 2. The topological polar surface area (TPSA) is 35.2 Å². The number of methoxy groups -OCH3 is 1. The van der Waals surface area contributed by atoms with Crippen LogP contribution in [0.2, 0.25) is 0 Å². The van der Waals surface area contributed by atoms with Crippen LogP contribution in [0, 0.1) is 0 Å². The standard InChI is InChI=1S/C14H21NO/c1-10-6-7-11(8-9-15)12-4-3-5-13(16-2)14(10)12/h3-5,10-11H,6-9,15H2,1-2H3. The van der Waals surface area contributed by atoms with Crippen LogP contribution in [0.1, 0.15) is 49.1 Å². The zero-order valence-electron chi connectivity index (χ0n) is 10.2. The number of benzene rings is 1. The molecule has 88 valence electrons. The summed E-state index contributed by atoms with van der Waals surface area (Å²) in [4.78, 5) is 0. The molecule has 0 bridgehead atoms. The molecule has 0 heterocycles. The van der Waals surface area contributed by atoms with Crippen molar-refractivity contribution >= 4 is 0 Å². The smallest absolute Gasteiger partial charge is 0.122 e. The molecule has 0 saturated heterocycles. The first kappa shape index (κ1) is 11.5. The van der Waals surface area contributed by atoms with Gasteiger partial charge in [0.2, 0.25) is 0 Å². The predicted octanol–water partition coefficient (Wildman–Crippen LogP) is 3.02. The molecule has 0 spiro atoms. The zero-order valence-corrected chi connectivity index (χ0v) is 10.2. The number of nitrogens with two attached hydrogens (primary N) is 1. The summed E-state index contributed by atoms with van der Waals surface area (Å²) in [6.45, 7) is 3.07. The van der Waals surface area contributed by atoms with Gasteiger partial charge in [-0.15, -0.1) is 0 Å². The van der Waals surface area contributed by atoms with Crippen LogP contribution in [0.4, 0.5) is 0 Å². The van der Waals surface area contributed by atoms with Crippen LogP contribution < -0.4 is 10.5 Å². The zero-order chi connectivity index (χ0) is 11.5. The molecule has 0 fully saturated rings. The molecule has 0 amide bonds. The summed E-state index contributed by atoms with van der Waals surface area (Å²) in [7, 11) is 1.76. The number of hydrogen-bond donors (Lipinski definition) is 1. The van der Waals surface area contributed by atoms with Crippen molar-refractivity contribution in [3.8, 4) is 5.75 Å². The molecule has 2 N–H and O–H groups in total. The lowest BCUT2D eigenvalue weighted by molar-refractivity contribution is 0.392. The Hall–Kier alpha value is -1.02. The van der Waals surface area contributed by atoms with Crippen molar-refractivity contribution < 1.29 is 4.74 Å². The SMILES string of the molecule is COc1cccc2c1C(C)CCC2CCN. The molecule has 0 aromatic heterocycles. The minimum Gasteiger partial charge on any atom is -0.496 e. The average Bonchev–Trinajstić information content (AvgIpc) is 2.32. The summed E-state index contributed by atoms with van der Waals surface area (Å²) < 4.78 is 5.48. The summed E-state index contributed by atoms with van der Waals surface area (Å²) in [6.07, 6.45) is 3.60. The van der Waals surface area contributed by atoms with Gasteiger partial charge in [0, 0.05) is 5.56 Å². The fourth-order valence-electron chi connectivity index (χ4n) is 2.87. The Balaban J connectivity index is 2.42. The van der Waals surface area contributed by atoms with E-state index in [2.05, 4.69) is 25.1 Å². The summed E-state index contributed by atoms with van der Waals surface area (Å²) in [5.74, 6) is 2.29. The Morgan fingerprint density at radius 1 is 1.38 bits per heavy atom. The van der Waals surface area contributed by atoms with E-state index in [4.69, 9.17) is 10.5 Å². The van der Waals surface area contributed by atoms with Gasteiger partial charge in [0.15, 0.2) is 0 Å². The van der Waals surface area contributed by atoms with Crippen molar-refractivity contribution in [2.45, 2.75) is 38.0 Å². The molecule has 1 aliphatic carbocycles. The fourth-order valence-corrected chi connectivity index (χ4v) is 2.87. The van der Waals surface area contributed by atoms with E-state index in [0.717, 1.165) is 18.7 Å². The molecule has 2 rings (SSSR count). The van der Waals surface area contributed by atoms with E-state index in [9.17, 15) is 0 Å². The van der Waals surface area contributed by atoms with E-state index in [1.165, 1.54) is 24.0 Å². The van der Waals surface area contributed by atoms with Crippen LogP contribution in [0.5, 0.6) is 5.75 Å². The lowest BCUT2D eigenvalue weighted by atomic mass is 9.76. The van der Waals surface area contributed by atoms with E-state index in [-0.39, 0.29) is 0 Å². The molecule has 1 aromatic carbocycles. The van der Waals surface area contributed by atoms with Crippen molar-refractivity contribution in [1.29, 1.82) is 0 Å². The average molecular weight is 219 g/mol. The predicted molar refractivity (Wildman–Crippen MR) is 67.1 cm³/mol. The van der Waals surface area contributed by atoms with Gasteiger partial charge in [-0.05, 0) is 49.3 Å². The van der Waals surface area contributed by atoms with Gasteiger partial charge in [-0.2, -0.15) is 0 Å². The van der Waals surface area contributed by atoms with Crippen LogP contribution in [0.3, 0.4) is 0 Å². The van der Waals surface area contributed by atoms with E-state index in [1.54, 1.807) is 7.11 Å². The molecule has 16 heavy (non-hydrogen) atoms. The van der Waals surface area contributed by atoms with Gasteiger partial charge in [0.25, 0.3) is 0 Å². The molecule has 2 unspecified atom stereocenters. The van der Waals surface area contributed by atoms with Crippen LogP contribution in [-0.2, 0) is 0 Å². The first-order chi connectivity index (χ1) is 7.77. The van der Waals surface area contributed by atoms with Crippen LogP contribution in [0.25, 0.3) is 0 Å². The van der Waals surface area contributed by atoms with E-state index in [1.807, 2.05) is 0 Å². The van der Waals surface area contributed by atoms with Crippen LogP contribution in [-0.4, -0.2) is 13.7 Å². The van der Waals surface area contributed by atoms with E-state index in [0.29, 0.717) is 11.8 Å². The van der Waals surface area contributed by atoms with Crippen molar-refractivity contribution in [3.63, 3.8) is 0 Å². The Morgan fingerprint density at radius 2 is 2.19 bits per heavy atom. The minimum atomic E-state index is 0.611. The molecule has 1 aromatic rings. The van der Waals surface area contributed by atoms with Crippen molar-refractivity contribution in [3.05, 3.63) is 29.3 Å². The van der Waals surface area contributed by atoms with Crippen LogP contribution in [0.15, 0.2) is 18.2 Å². The fraction of sp³-hybridized carbons (Fsp3) is 0.571. The maximum atomic E-state index is 5.69. The van der Waals surface area contributed by atoms with Gasteiger partial charge in [0.05, 0.1) is 7.11 Å². The highest BCUT2D eigenvalue weighted by Gasteiger charge is 2.26. The van der Waals surface area contributed by atoms with Crippen molar-refractivity contribution in [2.24, 2.45) is 5.73 Å². The molecule has 0 aliphatic heterocycles. The molecular weight excluding hydrogens is 198 g/mol. The first-order valence-electron chi connectivity index (χ1n) is 6.14. The lowest BCUT2D eigenvalue weighted by Crippen LogP contribution is -2.16. The molecule has 2 nitrogen and oxygen atoms in total. The van der Waals surface area contributed by atoms with Crippen LogP contribution >= 0.6 is 0 Å². The van der Waals surface area contributed by atoms with Gasteiger partial charge in [-0.3, -0.25) is 0 Å². The molecule has 0 saturated carbocycles. The normalized spacial score (nSPS) is 23.9. The maximum absolute atomic E-state index is 5.69. The van der Waals surface area contributed by atoms with Crippen molar-refractivity contribution in [1.82, 2.24) is 0 Å². The Kier molecular flexibility index (Phi) is 3.49. The van der Waals surface area contributed by atoms with E-state index < -0.39 is 0 Å². The van der Waals surface area contributed by atoms with Gasteiger partial charge < -0.3 is 10.5 Å². The summed E-state index contributed by atoms with van der Waals surface area (Å²) >= 11 is 0. The highest BCUT2D eigenvalue weighted by Crippen LogP contribution is 2.44. The summed E-state index contributed by atoms with van der Waals surface area (Å²) in [5.41, 5.74) is 8.56. The molecule has 2 heteroatoms.